The minimum Gasteiger partial charge on any atom is -0.480 e. The number of ether oxygens (including phenoxy) is 1. The van der Waals surface area contributed by atoms with Gasteiger partial charge in [0.2, 0.25) is 0 Å². The highest BCUT2D eigenvalue weighted by molar-refractivity contribution is 5.81. The van der Waals surface area contributed by atoms with Crippen LogP contribution in [0, 0.1) is 6.92 Å². The highest BCUT2D eigenvalue weighted by atomic mass is 16.5. The van der Waals surface area contributed by atoms with Crippen LogP contribution in [0.4, 0.5) is 0 Å². The Labute approximate surface area is 125 Å². The number of carbonyl (C=O) groups excluding carboxylic acids is 1. The normalized spacial score (nSPS) is 11.7. The molecule has 0 fully saturated rings. The molecular weight excluding hydrogens is 264 g/mol. The van der Waals surface area contributed by atoms with Crippen LogP contribution in [-0.2, 0) is 11.3 Å². The molecule has 0 aliphatic carbocycles. The molecule has 0 bridgehead atoms. The molecule has 21 heavy (non-hydrogen) atoms. The molecule has 0 saturated heterocycles. The summed E-state index contributed by atoms with van der Waals surface area (Å²) < 4.78 is 5.82. The third kappa shape index (κ3) is 4.31. The maximum atomic E-state index is 12.2. The summed E-state index contributed by atoms with van der Waals surface area (Å²) >= 11 is 0. The Morgan fingerprint density at radius 1 is 1.24 bits per heavy atom. The lowest BCUT2D eigenvalue weighted by atomic mass is 10.2. The van der Waals surface area contributed by atoms with E-state index >= 15 is 0 Å². The van der Waals surface area contributed by atoms with E-state index in [4.69, 9.17) is 4.74 Å². The van der Waals surface area contributed by atoms with Gasteiger partial charge >= 0.3 is 0 Å². The van der Waals surface area contributed by atoms with E-state index in [1.165, 1.54) is 0 Å². The molecule has 0 aliphatic rings. The van der Waals surface area contributed by atoms with E-state index in [2.05, 4.69) is 10.3 Å². The number of nitrogens with one attached hydrogen (secondary N) is 1. The Morgan fingerprint density at radius 2 is 1.95 bits per heavy atom. The fourth-order valence-electron chi connectivity index (χ4n) is 1.97. The minimum atomic E-state index is -0.479. The predicted molar refractivity (Wildman–Crippen MR) is 82.0 cm³/mol. The Morgan fingerprint density at radius 3 is 2.62 bits per heavy atom. The number of para-hydroxylation sites is 1. The molecule has 0 aliphatic heterocycles. The summed E-state index contributed by atoms with van der Waals surface area (Å²) in [6, 6.07) is 11.5. The number of nitrogens with zero attached hydrogens (tertiary/aromatic N) is 1. The molecule has 110 valence electrons. The monoisotopic (exact) mass is 284 g/mol. The van der Waals surface area contributed by atoms with Crippen LogP contribution in [0.5, 0.6) is 5.75 Å². The lowest BCUT2D eigenvalue weighted by Crippen LogP contribution is -2.37. The number of hydrogen-bond donors (Lipinski definition) is 1. The van der Waals surface area contributed by atoms with Gasteiger partial charge in [0.25, 0.3) is 5.91 Å². The van der Waals surface area contributed by atoms with Crippen LogP contribution in [0.2, 0.25) is 0 Å². The Hall–Kier alpha value is -2.36. The largest absolute Gasteiger partial charge is 0.480 e. The van der Waals surface area contributed by atoms with Crippen LogP contribution in [-0.4, -0.2) is 17.0 Å². The first-order chi connectivity index (χ1) is 10.2. The first-order valence-electron chi connectivity index (χ1n) is 7.09. The molecule has 1 N–H and O–H groups in total. The molecule has 0 spiro atoms. The van der Waals surface area contributed by atoms with E-state index in [-0.39, 0.29) is 5.91 Å². The molecule has 4 heteroatoms. The number of benzene rings is 1. The smallest absolute Gasteiger partial charge is 0.261 e. The molecule has 1 heterocycles. The van der Waals surface area contributed by atoms with Crippen molar-refractivity contribution in [3.8, 4) is 5.75 Å². The molecule has 2 aromatic rings. The standard InChI is InChI=1S/C17H20N2O2/c1-3-15(21-16-7-5-4-6-13(16)2)17(20)19-12-14-8-10-18-11-9-14/h4-11,15H,3,12H2,1-2H3,(H,19,20)/t15-/m0/s1. The first-order valence-corrected chi connectivity index (χ1v) is 7.09. The van der Waals surface area contributed by atoms with Crippen molar-refractivity contribution >= 4 is 5.91 Å². The second-order valence-electron chi connectivity index (χ2n) is 4.85. The Kier molecular flexibility index (Phi) is 5.32. The average molecular weight is 284 g/mol. The van der Waals surface area contributed by atoms with Crippen molar-refractivity contribution in [2.75, 3.05) is 0 Å². The zero-order valence-electron chi connectivity index (χ0n) is 12.4. The summed E-state index contributed by atoms with van der Waals surface area (Å²) in [6.45, 7) is 4.39. The Bertz CT molecular complexity index is 584. The number of aromatic nitrogens is 1. The molecule has 0 unspecified atom stereocenters. The second kappa shape index (κ2) is 7.43. The number of aryl methyl sites for hydroxylation is 1. The van der Waals surface area contributed by atoms with Crippen molar-refractivity contribution in [3.63, 3.8) is 0 Å². The predicted octanol–water partition coefficient (Wildman–Crippen LogP) is 2.86. The van der Waals surface area contributed by atoms with Crippen LogP contribution in [0.3, 0.4) is 0 Å². The van der Waals surface area contributed by atoms with E-state index in [9.17, 15) is 4.79 Å². The van der Waals surface area contributed by atoms with E-state index in [0.717, 1.165) is 16.9 Å². The van der Waals surface area contributed by atoms with Crippen molar-refractivity contribution in [1.29, 1.82) is 0 Å². The zero-order valence-corrected chi connectivity index (χ0v) is 12.4. The molecule has 0 saturated carbocycles. The summed E-state index contributed by atoms with van der Waals surface area (Å²) in [5.41, 5.74) is 2.04. The van der Waals surface area contributed by atoms with Crippen LogP contribution >= 0.6 is 0 Å². The van der Waals surface area contributed by atoms with Crippen LogP contribution < -0.4 is 10.1 Å². The van der Waals surface area contributed by atoms with Gasteiger partial charge in [0.05, 0.1) is 0 Å². The maximum Gasteiger partial charge on any atom is 0.261 e. The second-order valence-corrected chi connectivity index (χ2v) is 4.85. The summed E-state index contributed by atoms with van der Waals surface area (Å²) in [5, 5.41) is 2.90. The fourth-order valence-corrected chi connectivity index (χ4v) is 1.97. The van der Waals surface area contributed by atoms with Crippen molar-refractivity contribution in [2.24, 2.45) is 0 Å². The van der Waals surface area contributed by atoms with Gasteiger partial charge in [-0.05, 0) is 42.7 Å². The Balaban J connectivity index is 1.94. The molecule has 1 atom stereocenters. The highest BCUT2D eigenvalue weighted by Gasteiger charge is 2.18. The van der Waals surface area contributed by atoms with E-state index in [1.807, 2.05) is 50.2 Å². The lowest BCUT2D eigenvalue weighted by Gasteiger charge is -2.18. The van der Waals surface area contributed by atoms with Gasteiger partial charge < -0.3 is 10.1 Å². The molecule has 0 radical (unpaired) electrons. The summed E-state index contributed by atoms with van der Waals surface area (Å²) in [7, 11) is 0. The van der Waals surface area contributed by atoms with E-state index in [1.54, 1.807) is 12.4 Å². The topological polar surface area (TPSA) is 51.2 Å². The SMILES string of the molecule is CC[C@H](Oc1ccccc1C)C(=O)NCc1ccncc1. The van der Waals surface area contributed by atoms with Gasteiger partial charge in [0.1, 0.15) is 5.75 Å². The fraction of sp³-hybridized carbons (Fsp3) is 0.294. The molecular formula is C17H20N2O2. The quantitative estimate of drug-likeness (QED) is 0.887. The summed E-state index contributed by atoms with van der Waals surface area (Å²) in [5.74, 6) is 0.654. The van der Waals surface area contributed by atoms with Gasteiger partial charge in [0, 0.05) is 18.9 Å². The van der Waals surface area contributed by atoms with Crippen molar-refractivity contribution in [3.05, 3.63) is 59.9 Å². The van der Waals surface area contributed by atoms with E-state index < -0.39 is 6.10 Å². The molecule has 2 rings (SSSR count). The van der Waals surface area contributed by atoms with Crippen LogP contribution in [0.25, 0.3) is 0 Å². The zero-order chi connectivity index (χ0) is 15.1. The molecule has 1 aromatic carbocycles. The van der Waals surface area contributed by atoms with Gasteiger partial charge in [-0.25, -0.2) is 0 Å². The maximum absolute atomic E-state index is 12.2. The van der Waals surface area contributed by atoms with Gasteiger partial charge in [-0.2, -0.15) is 0 Å². The first kappa shape index (κ1) is 15.0. The van der Waals surface area contributed by atoms with Gasteiger partial charge in [-0.3, -0.25) is 9.78 Å². The van der Waals surface area contributed by atoms with Crippen LogP contribution in [0.1, 0.15) is 24.5 Å². The third-order valence-electron chi connectivity index (χ3n) is 3.24. The van der Waals surface area contributed by atoms with Crippen LogP contribution in [0.15, 0.2) is 48.8 Å². The van der Waals surface area contributed by atoms with Gasteiger partial charge in [-0.1, -0.05) is 25.1 Å². The molecule has 1 aromatic heterocycles. The number of pyridine rings is 1. The third-order valence-corrected chi connectivity index (χ3v) is 3.24. The molecule has 4 nitrogen and oxygen atoms in total. The number of carbonyl (C=O) groups is 1. The van der Waals surface area contributed by atoms with Crippen molar-refractivity contribution in [1.82, 2.24) is 10.3 Å². The van der Waals surface area contributed by atoms with Crippen molar-refractivity contribution in [2.45, 2.75) is 32.9 Å². The molecule has 1 amide bonds. The lowest BCUT2D eigenvalue weighted by molar-refractivity contribution is -0.128. The number of hydrogen-bond acceptors (Lipinski definition) is 3. The van der Waals surface area contributed by atoms with Gasteiger partial charge in [0.15, 0.2) is 6.10 Å². The van der Waals surface area contributed by atoms with E-state index in [0.29, 0.717) is 13.0 Å². The number of amides is 1. The highest BCUT2D eigenvalue weighted by Crippen LogP contribution is 2.18. The van der Waals surface area contributed by atoms with Crippen molar-refractivity contribution < 1.29 is 9.53 Å². The number of rotatable bonds is 6. The summed E-state index contributed by atoms with van der Waals surface area (Å²) in [6.07, 6.45) is 3.56. The minimum absolute atomic E-state index is 0.0995. The van der Waals surface area contributed by atoms with Gasteiger partial charge in [-0.15, -0.1) is 0 Å². The summed E-state index contributed by atoms with van der Waals surface area (Å²) in [4.78, 5) is 16.2. The average Bonchev–Trinajstić information content (AvgIpc) is 2.53.